The first kappa shape index (κ1) is 31.3. The number of pyridine rings is 1. The van der Waals surface area contributed by atoms with Gasteiger partial charge in [0.2, 0.25) is 11.8 Å². The number of hydrogen-bond acceptors (Lipinski definition) is 5. The lowest BCUT2D eigenvalue weighted by Gasteiger charge is -2.35. The molecular weight excluding hydrogens is 546 g/mol. The van der Waals surface area contributed by atoms with Crippen LogP contribution in [-0.2, 0) is 17.2 Å². The zero-order valence-electron chi connectivity index (χ0n) is 25.0. The van der Waals surface area contributed by atoms with Crippen molar-refractivity contribution in [1.29, 1.82) is 0 Å². The maximum absolute atomic E-state index is 15.6. The van der Waals surface area contributed by atoms with Gasteiger partial charge in [0.05, 0.1) is 30.4 Å². The Morgan fingerprint density at radius 3 is 2.50 bits per heavy atom. The maximum Gasteiger partial charge on any atom is 0.288 e. The summed E-state index contributed by atoms with van der Waals surface area (Å²) in [6.07, 6.45) is 17.3. The fourth-order valence-corrected chi connectivity index (χ4v) is 6.57. The molecule has 3 aliphatic carbocycles. The summed E-state index contributed by atoms with van der Waals surface area (Å²) in [6, 6.07) is 1.43. The van der Waals surface area contributed by atoms with Gasteiger partial charge in [-0.15, -0.1) is 0 Å². The molecule has 0 aromatic carbocycles. The largest absolute Gasteiger partial charge is 0.478 e. The number of aryl methyl sites for hydroxylation is 1. The molecule has 5 rings (SSSR count). The summed E-state index contributed by atoms with van der Waals surface area (Å²) in [5.41, 5.74) is -0.637. The van der Waals surface area contributed by atoms with Crippen LogP contribution in [0.5, 0.6) is 5.88 Å². The quantitative estimate of drug-likeness (QED) is 0.0737. The molecule has 42 heavy (non-hydrogen) atoms. The third-order valence-corrected chi connectivity index (χ3v) is 9.45. The smallest absolute Gasteiger partial charge is 0.288 e. The van der Waals surface area contributed by atoms with E-state index in [4.69, 9.17) is 9.57 Å². The van der Waals surface area contributed by atoms with Crippen molar-refractivity contribution in [1.82, 2.24) is 10.0 Å². The van der Waals surface area contributed by atoms with Crippen LogP contribution in [0.15, 0.2) is 23.3 Å². The molecule has 234 valence electrons. The van der Waals surface area contributed by atoms with Gasteiger partial charge in [-0.2, -0.15) is 13.8 Å². The number of hydrogen-bond donors (Lipinski definition) is 0. The van der Waals surface area contributed by atoms with Crippen LogP contribution in [-0.4, -0.2) is 35.4 Å². The number of nitrogens with zero attached hydrogens (tertiary/aromatic N) is 3. The first-order valence-corrected chi connectivity index (χ1v) is 16.4. The zero-order valence-corrected chi connectivity index (χ0v) is 25.0. The lowest BCUT2D eigenvalue weighted by atomic mass is 9.78. The second kappa shape index (κ2) is 14.5. The second-order valence-corrected chi connectivity index (χ2v) is 12.7. The first-order chi connectivity index (χ1) is 20.4. The number of rotatable bonds is 18. The van der Waals surface area contributed by atoms with Crippen LogP contribution >= 0.6 is 0 Å². The van der Waals surface area contributed by atoms with Crippen LogP contribution in [0, 0.1) is 29.6 Å². The van der Waals surface area contributed by atoms with E-state index >= 15 is 13.2 Å². The highest BCUT2D eigenvalue weighted by atomic mass is 19.3. The summed E-state index contributed by atoms with van der Waals surface area (Å²) in [5.74, 6) is -3.53. The molecule has 0 N–H and O–H groups in total. The standard InChI is InChI=1S/C33H47F4N3O2/c1-2-24(25-14-15-25)11-7-5-8-20-41-29-22-26-16-17-27(33(36,37)30(26)31(34)39-29)28-18-19-40(32(35)38-28)42-21-9-4-3-6-10-23-12-13-23/h18-19,22-25,27,32H,2-17,20-21H2,1H3. The Morgan fingerprint density at radius 2 is 1.76 bits per heavy atom. The maximum atomic E-state index is 15.6. The molecule has 2 saturated carbocycles. The second-order valence-electron chi connectivity index (χ2n) is 12.7. The topological polar surface area (TPSA) is 47.0 Å². The molecule has 1 aliphatic heterocycles. The number of alkyl halides is 3. The molecule has 3 atom stereocenters. The molecule has 0 spiro atoms. The minimum absolute atomic E-state index is 0.0140. The van der Waals surface area contributed by atoms with Crippen molar-refractivity contribution >= 4 is 5.71 Å². The number of allylic oxidation sites excluding steroid dienone is 1. The van der Waals surface area contributed by atoms with Gasteiger partial charge in [0.1, 0.15) is 0 Å². The summed E-state index contributed by atoms with van der Waals surface area (Å²) in [4.78, 5) is 13.1. The summed E-state index contributed by atoms with van der Waals surface area (Å²) in [7, 11) is 0. The molecule has 1 aromatic heterocycles. The minimum Gasteiger partial charge on any atom is -0.478 e. The average molecular weight is 594 g/mol. The summed E-state index contributed by atoms with van der Waals surface area (Å²) < 4.78 is 66.6. The van der Waals surface area contributed by atoms with E-state index in [1.54, 1.807) is 0 Å². The van der Waals surface area contributed by atoms with Crippen LogP contribution in [0.4, 0.5) is 17.6 Å². The van der Waals surface area contributed by atoms with E-state index in [2.05, 4.69) is 16.9 Å². The molecule has 0 radical (unpaired) electrons. The van der Waals surface area contributed by atoms with Crippen LogP contribution in [0.3, 0.4) is 0 Å². The zero-order chi connectivity index (χ0) is 29.5. The average Bonchev–Trinajstić information content (AvgIpc) is 3.88. The molecule has 2 fully saturated rings. The van der Waals surface area contributed by atoms with E-state index in [-0.39, 0.29) is 30.0 Å². The molecule has 0 amide bonds. The monoisotopic (exact) mass is 593 g/mol. The van der Waals surface area contributed by atoms with Crippen LogP contribution in [0.2, 0.25) is 0 Å². The minimum atomic E-state index is -3.58. The molecule has 9 heteroatoms. The van der Waals surface area contributed by atoms with E-state index in [9.17, 15) is 4.39 Å². The molecule has 0 bridgehead atoms. The van der Waals surface area contributed by atoms with E-state index in [0.29, 0.717) is 13.2 Å². The lowest BCUT2D eigenvalue weighted by Crippen LogP contribution is -2.40. The van der Waals surface area contributed by atoms with E-state index in [1.807, 2.05) is 0 Å². The molecule has 0 saturated heterocycles. The van der Waals surface area contributed by atoms with Gasteiger partial charge in [-0.1, -0.05) is 71.1 Å². The highest BCUT2D eigenvalue weighted by molar-refractivity contribution is 5.98. The van der Waals surface area contributed by atoms with Gasteiger partial charge >= 0.3 is 0 Å². The van der Waals surface area contributed by atoms with Crippen LogP contribution in [0.1, 0.15) is 114 Å². The van der Waals surface area contributed by atoms with Crippen molar-refractivity contribution in [2.24, 2.45) is 28.7 Å². The number of aliphatic imine (C=N–C) groups is 1. The first-order valence-electron chi connectivity index (χ1n) is 16.4. The Hall–Kier alpha value is -2.16. The number of ether oxygens (including phenoxy) is 1. The Kier molecular flexibility index (Phi) is 10.8. The summed E-state index contributed by atoms with van der Waals surface area (Å²) >= 11 is 0. The van der Waals surface area contributed by atoms with Gasteiger partial charge in [0.15, 0.2) is 0 Å². The third-order valence-electron chi connectivity index (χ3n) is 9.45. The van der Waals surface area contributed by atoms with E-state index in [0.717, 1.165) is 61.3 Å². The van der Waals surface area contributed by atoms with Crippen molar-refractivity contribution < 1.29 is 27.1 Å². The van der Waals surface area contributed by atoms with Crippen molar-refractivity contribution in [3.05, 3.63) is 35.4 Å². The Bertz CT molecular complexity index is 1090. The number of unbranched alkanes of at least 4 members (excludes halogenated alkanes) is 5. The number of hydroxylamine groups is 2. The third kappa shape index (κ3) is 8.26. The Balaban J connectivity index is 1.07. The highest BCUT2D eigenvalue weighted by Gasteiger charge is 2.50. The predicted molar refractivity (Wildman–Crippen MR) is 155 cm³/mol. The normalized spacial score (nSPS) is 23.9. The van der Waals surface area contributed by atoms with Gasteiger partial charge in [-0.25, -0.2) is 18.8 Å². The van der Waals surface area contributed by atoms with Crippen molar-refractivity contribution in [3.8, 4) is 5.88 Å². The lowest BCUT2D eigenvalue weighted by molar-refractivity contribution is -0.180. The Morgan fingerprint density at radius 1 is 1.00 bits per heavy atom. The van der Waals surface area contributed by atoms with E-state index < -0.39 is 29.8 Å². The van der Waals surface area contributed by atoms with Crippen molar-refractivity contribution in [3.63, 3.8) is 0 Å². The summed E-state index contributed by atoms with van der Waals surface area (Å²) in [5, 5.41) is 0.962. The molecule has 1 aromatic rings. The predicted octanol–water partition coefficient (Wildman–Crippen LogP) is 9.07. The van der Waals surface area contributed by atoms with Gasteiger partial charge in [0.25, 0.3) is 12.3 Å². The summed E-state index contributed by atoms with van der Waals surface area (Å²) in [6.45, 7) is 2.98. The molecule has 4 aliphatic rings. The molecule has 2 heterocycles. The molecular formula is C33H47F4N3O2. The molecule has 3 unspecified atom stereocenters. The highest BCUT2D eigenvalue weighted by Crippen LogP contribution is 2.47. The van der Waals surface area contributed by atoms with Crippen LogP contribution < -0.4 is 4.74 Å². The SMILES string of the molecule is CCC(CCCCCOc1cc2c(c(F)n1)C(F)(F)C(C1=NC(F)N(OCCCCCCC3CC3)C=C1)CC2)C1CC1. The Labute approximate surface area is 248 Å². The number of halogens is 4. The van der Waals surface area contributed by atoms with Crippen LogP contribution in [0.25, 0.3) is 0 Å². The van der Waals surface area contributed by atoms with Gasteiger partial charge in [-0.05, 0) is 67.9 Å². The number of fused-ring (bicyclic) bond motifs is 1. The van der Waals surface area contributed by atoms with Crippen molar-refractivity contribution in [2.75, 3.05) is 13.2 Å². The van der Waals surface area contributed by atoms with E-state index in [1.165, 1.54) is 69.7 Å². The number of aromatic nitrogens is 1. The molecule has 5 nitrogen and oxygen atoms in total. The van der Waals surface area contributed by atoms with Gasteiger partial charge in [-0.3, -0.25) is 4.84 Å². The fraction of sp³-hybridized carbons (Fsp3) is 0.758. The van der Waals surface area contributed by atoms with Gasteiger partial charge in [0, 0.05) is 12.3 Å². The van der Waals surface area contributed by atoms with Gasteiger partial charge < -0.3 is 4.74 Å². The fourth-order valence-electron chi connectivity index (χ4n) is 6.57. The van der Waals surface area contributed by atoms with Crippen molar-refractivity contribution in [2.45, 2.75) is 122 Å².